The molecule has 2 unspecified atom stereocenters. The number of pyridine rings is 1. The highest BCUT2D eigenvalue weighted by molar-refractivity contribution is 5.83. The van der Waals surface area contributed by atoms with Gasteiger partial charge in [-0.2, -0.15) is 0 Å². The summed E-state index contributed by atoms with van der Waals surface area (Å²) in [5, 5.41) is 0. The number of aryl methyl sites for hydroxylation is 2. The maximum Gasteiger partial charge on any atom is 0.110 e. The van der Waals surface area contributed by atoms with Crippen molar-refractivity contribution in [1.82, 2.24) is 19.9 Å². The van der Waals surface area contributed by atoms with Gasteiger partial charge in [0.25, 0.3) is 0 Å². The standard InChI is InChI=1S/C28H38N4/c1-6-22-11-8-9-14-32(18-22)21(5)25-16-23(7-2)27-26(17-25)30-28(31-27)19(3)15-24-12-10-13-29-20(24)4/h10,12-13,16-17,19,22H,5-9,11,14-15,18H2,1-4H3,(H,30,31). The molecule has 1 aromatic carbocycles. The fourth-order valence-electron chi connectivity index (χ4n) is 5.03. The van der Waals surface area contributed by atoms with Crippen molar-refractivity contribution in [2.45, 2.75) is 72.1 Å². The molecule has 1 aliphatic rings. The topological polar surface area (TPSA) is 44.8 Å². The van der Waals surface area contributed by atoms with Gasteiger partial charge in [-0.1, -0.05) is 46.3 Å². The van der Waals surface area contributed by atoms with Gasteiger partial charge in [-0.25, -0.2) is 4.98 Å². The Morgan fingerprint density at radius 2 is 2.09 bits per heavy atom. The fraction of sp³-hybridized carbons (Fsp3) is 0.500. The maximum atomic E-state index is 5.04. The summed E-state index contributed by atoms with van der Waals surface area (Å²) in [5.41, 5.74) is 8.33. The second kappa shape index (κ2) is 9.89. The molecule has 32 heavy (non-hydrogen) atoms. The first-order chi connectivity index (χ1) is 15.5. The molecule has 0 spiro atoms. The summed E-state index contributed by atoms with van der Waals surface area (Å²) in [5.74, 6) is 2.14. The van der Waals surface area contributed by atoms with Crippen LogP contribution in [0.1, 0.15) is 80.6 Å². The van der Waals surface area contributed by atoms with E-state index in [1.807, 2.05) is 12.3 Å². The largest absolute Gasteiger partial charge is 0.371 e. The van der Waals surface area contributed by atoms with Gasteiger partial charge in [0.05, 0.1) is 11.0 Å². The molecule has 1 N–H and O–H groups in total. The van der Waals surface area contributed by atoms with Crippen molar-refractivity contribution in [1.29, 1.82) is 0 Å². The van der Waals surface area contributed by atoms with Gasteiger partial charge < -0.3 is 9.88 Å². The first-order valence-electron chi connectivity index (χ1n) is 12.4. The van der Waals surface area contributed by atoms with Crippen LogP contribution < -0.4 is 0 Å². The van der Waals surface area contributed by atoms with Crippen LogP contribution in [0.2, 0.25) is 0 Å². The molecule has 0 aliphatic carbocycles. The molecule has 2 aromatic heterocycles. The number of nitrogens with one attached hydrogen (secondary N) is 1. The molecule has 4 rings (SSSR count). The van der Waals surface area contributed by atoms with E-state index in [9.17, 15) is 0 Å². The molecular weight excluding hydrogens is 392 g/mol. The molecule has 4 nitrogen and oxygen atoms in total. The van der Waals surface area contributed by atoms with Gasteiger partial charge in [-0.05, 0) is 73.4 Å². The zero-order chi connectivity index (χ0) is 22.7. The van der Waals surface area contributed by atoms with Gasteiger partial charge in [0.15, 0.2) is 0 Å². The highest BCUT2D eigenvalue weighted by Crippen LogP contribution is 2.30. The third kappa shape index (κ3) is 4.74. The van der Waals surface area contributed by atoms with Crippen LogP contribution in [0.15, 0.2) is 37.0 Å². The Kier molecular flexibility index (Phi) is 6.98. The zero-order valence-electron chi connectivity index (χ0n) is 20.2. The van der Waals surface area contributed by atoms with Crippen LogP contribution in [0.25, 0.3) is 16.7 Å². The summed E-state index contributed by atoms with van der Waals surface area (Å²) in [4.78, 5) is 15.7. The minimum atomic E-state index is 0.303. The van der Waals surface area contributed by atoms with Crippen LogP contribution in [0.4, 0.5) is 0 Å². The number of rotatable bonds is 7. The Bertz CT molecular complexity index is 1080. The number of likely N-dealkylation sites (tertiary alicyclic amines) is 1. The number of hydrogen-bond acceptors (Lipinski definition) is 3. The van der Waals surface area contributed by atoms with Crippen LogP contribution in [0.3, 0.4) is 0 Å². The molecule has 0 radical (unpaired) electrons. The predicted octanol–water partition coefficient (Wildman–Crippen LogP) is 6.66. The lowest BCUT2D eigenvalue weighted by Gasteiger charge is -2.28. The molecule has 170 valence electrons. The van der Waals surface area contributed by atoms with Gasteiger partial charge in [0.1, 0.15) is 5.82 Å². The second-order valence-corrected chi connectivity index (χ2v) is 9.52. The van der Waals surface area contributed by atoms with Crippen molar-refractivity contribution in [2.24, 2.45) is 5.92 Å². The van der Waals surface area contributed by atoms with E-state index in [0.717, 1.165) is 60.1 Å². The normalized spacial score (nSPS) is 18.0. The molecule has 2 atom stereocenters. The summed E-state index contributed by atoms with van der Waals surface area (Å²) < 4.78 is 0. The number of benzene rings is 1. The van der Waals surface area contributed by atoms with Gasteiger partial charge in [-0.3, -0.25) is 4.98 Å². The molecule has 4 heteroatoms. The predicted molar refractivity (Wildman–Crippen MR) is 135 cm³/mol. The van der Waals surface area contributed by atoms with Crippen LogP contribution >= 0.6 is 0 Å². The van der Waals surface area contributed by atoms with E-state index in [0.29, 0.717) is 5.92 Å². The zero-order valence-corrected chi connectivity index (χ0v) is 20.2. The Balaban J connectivity index is 1.62. The van der Waals surface area contributed by atoms with E-state index >= 15 is 0 Å². The van der Waals surface area contributed by atoms with Gasteiger partial charge in [0, 0.05) is 36.6 Å². The van der Waals surface area contributed by atoms with Crippen LogP contribution in [-0.2, 0) is 12.8 Å². The minimum Gasteiger partial charge on any atom is -0.371 e. The van der Waals surface area contributed by atoms with Crippen molar-refractivity contribution < 1.29 is 0 Å². The lowest BCUT2D eigenvalue weighted by Crippen LogP contribution is -2.26. The third-order valence-electron chi connectivity index (χ3n) is 7.24. The Hall–Kier alpha value is -2.62. The molecule has 1 fully saturated rings. The molecular formula is C28H38N4. The molecule has 3 aromatic rings. The first-order valence-corrected chi connectivity index (χ1v) is 12.4. The van der Waals surface area contributed by atoms with E-state index in [2.05, 4.69) is 67.3 Å². The van der Waals surface area contributed by atoms with E-state index in [4.69, 9.17) is 4.98 Å². The average Bonchev–Trinajstić information content (AvgIpc) is 3.10. The lowest BCUT2D eigenvalue weighted by molar-refractivity contribution is 0.342. The summed E-state index contributed by atoms with van der Waals surface area (Å²) in [6, 6.07) is 8.77. The highest BCUT2D eigenvalue weighted by Gasteiger charge is 2.21. The Morgan fingerprint density at radius 1 is 1.25 bits per heavy atom. The van der Waals surface area contributed by atoms with Crippen molar-refractivity contribution in [3.8, 4) is 0 Å². The Morgan fingerprint density at radius 3 is 2.84 bits per heavy atom. The quantitative estimate of drug-likeness (QED) is 0.456. The van der Waals surface area contributed by atoms with E-state index in [1.165, 1.54) is 42.4 Å². The molecule has 3 heterocycles. The SMILES string of the molecule is C=C(c1cc(CC)c2nc(C(C)Cc3cccnc3C)[nH]c2c1)N1CCCCC(CC)C1. The van der Waals surface area contributed by atoms with Gasteiger partial charge >= 0.3 is 0 Å². The number of aromatic amines is 1. The number of H-pyrrole nitrogens is 1. The summed E-state index contributed by atoms with van der Waals surface area (Å²) in [6.45, 7) is 15.6. The number of nitrogens with zero attached hydrogens (tertiary/aromatic N) is 3. The summed E-state index contributed by atoms with van der Waals surface area (Å²) >= 11 is 0. The first kappa shape index (κ1) is 22.6. The van der Waals surface area contributed by atoms with E-state index in [1.54, 1.807) is 0 Å². The van der Waals surface area contributed by atoms with Crippen molar-refractivity contribution in [2.75, 3.05) is 13.1 Å². The Labute approximate surface area is 193 Å². The van der Waals surface area contributed by atoms with Crippen molar-refractivity contribution in [3.05, 3.63) is 65.2 Å². The smallest absolute Gasteiger partial charge is 0.110 e. The summed E-state index contributed by atoms with van der Waals surface area (Å²) in [6.07, 6.45) is 8.96. The number of aromatic nitrogens is 3. The van der Waals surface area contributed by atoms with Gasteiger partial charge in [0.2, 0.25) is 0 Å². The molecule has 0 saturated carbocycles. The maximum absolute atomic E-state index is 5.04. The summed E-state index contributed by atoms with van der Waals surface area (Å²) in [7, 11) is 0. The monoisotopic (exact) mass is 430 g/mol. The fourth-order valence-corrected chi connectivity index (χ4v) is 5.03. The van der Waals surface area contributed by atoms with Crippen LogP contribution in [0, 0.1) is 12.8 Å². The van der Waals surface area contributed by atoms with Gasteiger partial charge in [-0.15, -0.1) is 0 Å². The number of fused-ring (bicyclic) bond motifs is 1. The second-order valence-electron chi connectivity index (χ2n) is 9.52. The highest BCUT2D eigenvalue weighted by atomic mass is 15.1. The molecule has 1 saturated heterocycles. The molecule has 0 amide bonds. The average molecular weight is 431 g/mol. The molecule has 0 bridgehead atoms. The van der Waals surface area contributed by atoms with Crippen molar-refractivity contribution in [3.63, 3.8) is 0 Å². The number of imidazole rings is 1. The van der Waals surface area contributed by atoms with E-state index < -0.39 is 0 Å². The molecule has 1 aliphatic heterocycles. The third-order valence-corrected chi connectivity index (χ3v) is 7.24. The van der Waals surface area contributed by atoms with E-state index in [-0.39, 0.29) is 0 Å². The number of hydrogen-bond donors (Lipinski definition) is 1. The minimum absolute atomic E-state index is 0.303. The van der Waals surface area contributed by atoms with Crippen LogP contribution in [0.5, 0.6) is 0 Å². The van der Waals surface area contributed by atoms with Crippen LogP contribution in [-0.4, -0.2) is 32.9 Å². The lowest BCUT2D eigenvalue weighted by atomic mass is 10.00. The van der Waals surface area contributed by atoms with Crippen molar-refractivity contribution >= 4 is 16.7 Å².